The van der Waals surface area contributed by atoms with Crippen molar-refractivity contribution in [2.75, 3.05) is 19.5 Å². The number of carbonyl (C=O) groups excluding carboxylic acids is 1. The van der Waals surface area contributed by atoms with Crippen LogP contribution in [-0.4, -0.2) is 30.3 Å². The number of hydrogen-bond donors (Lipinski definition) is 1. The summed E-state index contributed by atoms with van der Waals surface area (Å²) < 4.78 is 21.3. The largest absolute Gasteiger partial charge is 0.493 e. The van der Waals surface area contributed by atoms with Crippen molar-refractivity contribution in [3.63, 3.8) is 0 Å². The first-order valence-electron chi connectivity index (χ1n) is 8.70. The Labute approximate surface area is 166 Å². The molecule has 2 aromatic carbocycles. The highest BCUT2D eigenvalue weighted by Gasteiger charge is 2.21. The van der Waals surface area contributed by atoms with Gasteiger partial charge in [-0.25, -0.2) is 0 Å². The Morgan fingerprint density at radius 2 is 1.76 bits per heavy atom. The van der Waals surface area contributed by atoms with Crippen molar-refractivity contribution in [1.29, 1.82) is 0 Å². The van der Waals surface area contributed by atoms with Crippen LogP contribution in [0.5, 0.6) is 11.5 Å². The third kappa shape index (κ3) is 3.68. The van der Waals surface area contributed by atoms with Gasteiger partial charge in [-0.1, -0.05) is 35.5 Å². The number of hydrogen-bond acceptors (Lipinski definition) is 7. The lowest BCUT2D eigenvalue weighted by Crippen LogP contribution is -2.12. The highest BCUT2D eigenvalue weighted by Crippen LogP contribution is 2.39. The first-order chi connectivity index (χ1) is 14.2. The number of rotatable bonds is 6. The van der Waals surface area contributed by atoms with E-state index in [1.807, 2.05) is 30.3 Å². The van der Waals surface area contributed by atoms with E-state index in [0.717, 1.165) is 5.56 Å². The van der Waals surface area contributed by atoms with Crippen LogP contribution in [0.25, 0.3) is 22.8 Å². The van der Waals surface area contributed by atoms with E-state index >= 15 is 0 Å². The molecule has 1 amide bonds. The second-order valence-electron chi connectivity index (χ2n) is 5.97. The normalized spacial score (nSPS) is 10.6. The summed E-state index contributed by atoms with van der Waals surface area (Å²) in [6.07, 6.45) is 1.43. The Hall–Kier alpha value is -4.07. The number of ether oxygens (including phenoxy) is 2. The summed E-state index contributed by atoms with van der Waals surface area (Å²) in [7, 11) is 3.03. The standard InChI is InChI=1S/C21H17N3O5/c1-26-17-11-14(21-23-19(24-29-21)13-7-4-3-5-8-13)15(12-18(17)27-2)22-20(25)16-9-6-10-28-16/h3-12H,1-2H3,(H,22,25). The Morgan fingerprint density at radius 1 is 1.00 bits per heavy atom. The molecule has 1 N–H and O–H groups in total. The fraction of sp³-hybridized carbons (Fsp3) is 0.0952. The van der Waals surface area contributed by atoms with E-state index in [4.69, 9.17) is 18.4 Å². The number of benzene rings is 2. The number of nitrogens with zero attached hydrogens (tertiary/aromatic N) is 2. The number of carbonyl (C=O) groups is 1. The molecule has 0 unspecified atom stereocenters. The van der Waals surface area contributed by atoms with Gasteiger partial charge in [-0.05, 0) is 18.2 Å². The molecule has 0 aliphatic rings. The van der Waals surface area contributed by atoms with Gasteiger partial charge in [0.15, 0.2) is 17.3 Å². The summed E-state index contributed by atoms with van der Waals surface area (Å²) in [6.45, 7) is 0. The molecule has 4 aromatic rings. The van der Waals surface area contributed by atoms with E-state index in [9.17, 15) is 4.79 Å². The van der Waals surface area contributed by atoms with Crippen molar-refractivity contribution in [2.24, 2.45) is 0 Å². The van der Waals surface area contributed by atoms with Gasteiger partial charge in [0.1, 0.15) is 0 Å². The molecule has 0 fully saturated rings. The quantitative estimate of drug-likeness (QED) is 0.524. The highest BCUT2D eigenvalue weighted by atomic mass is 16.5. The fourth-order valence-electron chi connectivity index (χ4n) is 2.79. The van der Waals surface area contributed by atoms with Gasteiger partial charge in [-0.2, -0.15) is 4.98 Å². The van der Waals surface area contributed by atoms with E-state index in [2.05, 4.69) is 15.5 Å². The predicted octanol–water partition coefficient (Wildman–Crippen LogP) is 4.27. The van der Waals surface area contributed by atoms with Crippen LogP contribution in [0.2, 0.25) is 0 Å². The molecule has 8 nitrogen and oxygen atoms in total. The predicted molar refractivity (Wildman–Crippen MR) is 105 cm³/mol. The SMILES string of the molecule is COc1cc(NC(=O)c2ccco2)c(-c2nc(-c3ccccc3)no2)cc1OC. The highest BCUT2D eigenvalue weighted by molar-refractivity contribution is 6.04. The summed E-state index contributed by atoms with van der Waals surface area (Å²) in [4.78, 5) is 17.0. The molecule has 4 rings (SSSR count). The number of anilines is 1. The van der Waals surface area contributed by atoms with Crippen LogP contribution >= 0.6 is 0 Å². The number of aromatic nitrogens is 2. The van der Waals surface area contributed by atoms with Gasteiger partial charge in [0, 0.05) is 11.6 Å². The van der Waals surface area contributed by atoms with Crippen molar-refractivity contribution in [1.82, 2.24) is 10.1 Å². The second kappa shape index (κ2) is 7.89. The van der Waals surface area contributed by atoms with Crippen LogP contribution < -0.4 is 14.8 Å². The topological polar surface area (TPSA) is 99.6 Å². The second-order valence-corrected chi connectivity index (χ2v) is 5.97. The molecule has 8 heteroatoms. The van der Waals surface area contributed by atoms with Crippen LogP contribution in [-0.2, 0) is 0 Å². The molecule has 0 aliphatic carbocycles. The van der Waals surface area contributed by atoms with Crippen molar-refractivity contribution < 1.29 is 23.2 Å². The van der Waals surface area contributed by atoms with E-state index in [-0.39, 0.29) is 11.7 Å². The van der Waals surface area contributed by atoms with Crippen molar-refractivity contribution in [3.05, 3.63) is 66.6 Å². The minimum absolute atomic E-state index is 0.168. The molecule has 0 radical (unpaired) electrons. The average molecular weight is 391 g/mol. The molecular formula is C21H17N3O5. The van der Waals surface area contributed by atoms with E-state index in [1.54, 1.807) is 24.3 Å². The van der Waals surface area contributed by atoms with Crippen molar-refractivity contribution in [2.45, 2.75) is 0 Å². The molecule has 2 heterocycles. The number of nitrogens with one attached hydrogen (secondary N) is 1. The van der Waals surface area contributed by atoms with Crippen molar-refractivity contribution in [3.8, 4) is 34.3 Å². The lowest BCUT2D eigenvalue weighted by atomic mass is 10.1. The number of methoxy groups -OCH3 is 2. The fourth-order valence-corrected chi connectivity index (χ4v) is 2.79. The van der Waals surface area contributed by atoms with Gasteiger partial charge >= 0.3 is 0 Å². The Balaban J connectivity index is 1.77. The van der Waals surface area contributed by atoms with Crippen LogP contribution in [0.4, 0.5) is 5.69 Å². The molecule has 146 valence electrons. The summed E-state index contributed by atoms with van der Waals surface area (Å²) in [6, 6.07) is 15.9. The van der Waals surface area contributed by atoms with Gasteiger partial charge < -0.3 is 23.7 Å². The zero-order valence-electron chi connectivity index (χ0n) is 15.7. The first kappa shape index (κ1) is 18.3. The molecule has 2 aromatic heterocycles. The lowest BCUT2D eigenvalue weighted by molar-refractivity contribution is 0.0996. The Bertz CT molecular complexity index is 1120. The molecule has 29 heavy (non-hydrogen) atoms. The summed E-state index contributed by atoms with van der Waals surface area (Å²) in [5.41, 5.74) is 1.70. The third-order valence-electron chi connectivity index (χ3n) is 4.21. The molecule has 0 saturated heterocycles. The van der Waals surface area contributed by atoms with Crippen LogP contribution in [0, 0.1) is 0 Å². The monoisotopic (exact) mass is 391 g/mol. The van der Waals surface area contributed by atoms with Gasteiger partial charge in [0.05, 0.1) is 31.7 Å². The van der Waals surface area contributed by atoms with E-state index < -0.39 is 5.91 Å². The van der Waals surface area contributed by atoms with Gasteiger partial charge in [0.25, 0.3) is 11.8 Å². The van der Waals surface area contributed by atoms with Gasteiger partial charge in [0.2, 0.25) is 5.82 Å². The van der Waals surface area contributed by atoms with Crippen molar-refractivity contribution >= 4 is 11.6 Å². The third-order valence-corrected chi connectivity index (χ3v) is 4.21. The minimum atomic E-state index is -0.425. The van der Waals surface area contributed by atoms with Crippen LogP contribution in [0.1, 0.15) is 10.6 Å². The average Bonchev–Trinajstić information content (AvgIpc) is 3.46. The zero-order valence-corrected chi connectivity index (χ0v) is 15.7. The van der Waals surface area contributed by atoms with Crippen LogP contribution in [0.3, 0.4) is 0 Å². The first-order valence-corrected chi connectivity index (χ1v) is 8.70. The number of furan rings is 1. The summed E-state index contributed by atoms with van der Waals surface area (Å²) in [5.74, 6) is 1.29. The smallest absolute Gasteiger partial charge is 0.291 e. The van der Waals surface area contributed by atoms with Gasteiger partial charge in [-0.3, -0.25) is 4.79 Å². The van der Waals surface area contributed by atoms with Gasteiger partial charge in [-0.15, -0.1) is 0 Å². The zero-order chi connectivity index (χ0) is 20.2. The summed E-state index contributed by atoms with van der Waals surface area (Å²) >= 11 is 0. The molecule has 0 bridgehead atoms. The minimum Gasteiger partial charge on any atom is -0.493 e. The Kier molecular flexibility index (Phi) is 4.98. The summed E-state index contributed by atoms with van der Waals surface area (Å²) in [5, 5.41) is 6.83. The molecule has 0 aliphatic heterocycles. The van der Waals surface area contributed by atoms with E-state index in [1.165, 1.54) is 20.5 Å². The lowest BCUT2D eigenvalue weighted by Gasteiger charge is -2.13. The maximum Gasteiger partial charge on any atom is 0.291 e. The number of amides is 1. The maximum atomic E-state index is 12.5. The molecule has 0 saturated carbocycles. The van der Waals surface area contributed by atoms with Crippen LogP contribution in [0.15, 0.2) is 69.8 Å². The molecule has 0 spiro atoms. The molecule has 0 atom stereocenters. The molecular weight excluding hydrogens is 374 g/mol. The Morgan fingerprint density at radius 3 is 2.45 bits per heavy atom. The van der Waals surface area contributed by atoms with E-state index in [0.29, 0.717) is 28.6 Å². The maximum absolute atomic E-state index is 12.5.